The Morgan fingerprint density at radius 2 is 1.76 bits per heavy atom. The van der Waals surface area contributed by atoms with Crippen molar-refractivity contribution in [1.82, 2.24) is 4.31 Å². The summed E-state index contributed by atoms with van der Waals surface area (Å²) in [5, 5.41) is 2.73. The van der Waals surface area contributed by atoms with Crippen LogP contribution in [0.2, 0.25) is 0 Å². The number of amides is 1. The number of nitrogens with one attached hydrogen (secondary N) is 1. The van der Waals surface area contributed by atoms with Gasteiger partial charge in [-0.3, -0.25) is 4.79 Å². The molecule has 1 N–H and O–H groups in total. The fraction of sp³-hybridized carbons (Fsp3) is 0.381. The van der Waals surface area contributed by atoms with E-state index in [1.807, 2.05) is 24.3 Å². The highest BCUT2D eigenvalue weighted by Crippen LogP contribution is 2.26. The first-order valence-corrected chi connectivity index (χ1v) is 11.0. The van der Waals surface area contributed by atoms with Crippen LogP contribution in [-0.4, -0.2) is 51.5 Å². The number of hydrogen-bond donors (Lipinski definition) is 1. The molecular weight excluding hydrogens is 392 g/mol. The lowest BCUT2D eigenvalue weighted by Gasteiger charge is -2.26. The zero-order valence-corrected chi connectivity index (χ0v) is 17.4. The van der Waals surface area contributed by atoms with Crippen LogP contribution in [0, 0.1) is 0 Å². The first kappa shape index (κ1) is 21.3. The summed E-state index contributed by atoms with van der Waals surface area (Å²) in [6.45, 7) is 5.48. The highest BCUT2D eigenvalue weighted by molar-refractivity contribution is 7.89. The van der Waals surface area contributed by atoms with Gasteiger partial charge in [-0.05, 0) is 41.8 Å². The fourth-order valence-corrected chi connectivity index (χ4v) is 4.48. The topological polar surface area (TPSA) is 84.9 Å². The number of carbonyl (C=O) groups excluding carboxylic acids is 1. The lowest BCUT2D eigenvalue weighted by Crippen LogP contribution is -2.40. The number of carbonyl (C=O) groups is 1. The van der Waals surface area contributed by atoms with E-state index >= 15 is 0 Å². The van der Waals surface area contributed by atoms with Gasteiger partial charge >= 0.3 is 0 Å². The van der Waals surface area contributed by atoms with E-state index in [9.17, 15) is 13.2 Å². The Bertz CT molecular complexity index is 936. The number of para-hydroxylation sites is 1. The molecule has 0 unspecified atom stereocenters. The third-order valence-corrected chi connectivity index (χ3v) is 6.56. The Balaban J connectivity index is 1.59. The number of rotatable bonds is 7. The summed E-state index contributed by atoms with van der Waals surface area (Å²) in [6.07, 6.45) is 0. The van der Waals surface area contributed by atoms with E-state index in [-0.39, 0.29) is 23.3 Å². The van der Waals surface area contributed by atoms with Crippen LogP contribution in [0.3, 0.4) is 0 Å². The SMILES string of the molecule is CC(C)c1ccccc1OCC(=O)Nc1ccc(S(=O)(=O)N2CCOCC2)cc1. The van der Waals surface area contributed by atoms with Crippen molar-refractivity contribution in [3.05, 3.63) is 54.1 Å². The highest BCUT2D eigenvalue weighted by atomic mass is 32.2. The molecular formula is C21H26N2O5S. The molecule has 8 heteroatoms. The van der Waals surface area contributed by atoms with E-state index in [0.717, 1.165) is 5.56 Å². The quantitative estimate of drug-likeness (QED) is 0.747. The van der Waals surface area contributed by atoms with Crippen molar-refractivity contribution >= 4 is 21.6 Å². The molecule has 1 saturated heterocycles. The molecule has 1 amide bonds. The van der Waals surface area contributed by atoms with Crippen LogP contribution < -0.4 is 10.1 Å². The van der Waals surface area contributed by atoms with Gasteiger partial charge in [-0.2, -0.15) is 4.31 Å². The summed E-state index contributed by atoms with van der Waals surface area (Å²) in [4.78, 5) is 12.4. The van der Waals surface area contributed by atoms with Crippen LogP contribution in [0.4, 0.5) is 5.69 Å². The lowest BCUT2D eigenvalue weighted by atomic mass is 10.0. The summed E-state index contributed by atoms with van der Waals surface area (Å²) >= 11 is 0. The van der Waals surface area contributed by atoms with Gasteiger partial charge in [0.15, 0.2) is 6.61 Å². The van der Waals surface area contributed by atoms with E-state index in [0.29, 0.717) is 37.7 Å². The predicted molar refractivity (Wildman–Crippen MR) is 111 cm³/mol. The van der Waals surface area contributed by atoms with Gasteiger partial charge in [-0.15, -0.1) is 0 Å². The molecule has 2 aromatic carbocycles. The first-order valence-electron chi connectivity index (χ1n) is 9.57. The smallest absolute Gasteiger partial charge is 0.262 e. The number of sulfonamides is 1. The highest BCUT2D eigenvalue weighted by Gasteiger charge is 2.26. The Morgan fingerprint density at radius 1 is 1.10 bits per heavy atom. The maximum Gasteiger partial charge on any atom is 0.262 e. The molecule has 0 bridgehead atoms. The molecule has 29 heavy (non-hydrogen) atoms. The molecule has 0 atom stereocenters. The van der Waals surface area contributed by atoms with Crippen LogP contribution in [0.1, 0.15) is 25.3 Å². The molecule has 0 radical (unpaired) electrons. The van der Waals surface area contributed by atoms with Crippen LogP contribution in [-0.2, 0) is 19.6 Å². The second kappa shape index (κ2) is 9.39. The minimum atomic E-state index is -3.55. The van der Waals surface area contributed by atoms with Crippen molar-refractivity contribution in [2.75, 3.05) is 38.2 Å². The van der Waals surface area contributed by atoms with Crippen LogP contribution >= 0.6 is 0 Å². The monoisotopic (exact) mass is 418 g/mol. The van der Waals surface area contributed by atoms with E-state index < -0.39 is 10.0 Å². The Morgan fingerprint density at radius 3 is 2.41 bits per heavy atom. The van der Waals surface area contributed by atoms with Crippen molar-refractivity contribution in [2.45, 2.75) is 24.7 Å². The van der Waals surface area contributed by atoms with Gasteiger partial charge in [0.2, 0.25) is 10.0 Å². The van der Waals surface area contributed by atoms with Crippen LogP contribution in [0.5, 0.6) is 5.75 Å². The maximum absolute atomic E-state index is 12.6. The molecule has 3 rings (SSSR count). The van der Waals surface area contributed by atoms with E-state index in [1.54, 1.807) is 12.1 Å². The van der Waals surface area contributed by atoms with Gasteiger partial charge in [0.25, 0.3) is 5.91 Å². The zero-order valence-electron chi connectivity index (χ0n) is 16.6. The minimum absolute atomic E-state index is 0.127. The molecule has 1 heterocycles. The number of nitrogens with zero attached hydrogens (tertiary/aromatic N) is 1. The molecule has 0 aliphatic carbocycles. The lowest BCUT2D eigenvalue weighted by molar-refractivity contribution is -0.118. The average molecular weight is 419 g/mol. The molecule has 1 fully saturated rings. The van der Waals surface area contributed by atoms with Crippen molar-refractivity contribution in [2.24, 2.45) is 0 Å². The Kier molecular flexibility index (Phi) is 6.89. The second-order valence-electron chi connectivity index (χ2n) is 7.07. The molecule has 1 aliphatic rings. The van der Waals surface area contributed by atoms with Gasteiger partial charge < -0.3 is 14.8 Å². The first-order chi connectivity index (χ1) is 13.9. The van der Waals surface area contributed by atoms with Crippen molar-refractivity contribution in [1.29, 1.82) is 0 Å². The van der Waals surface area contributed by atoms with E-state index in [2.05, 4.69) is 19.2 Å². The van der Waals surface area contributed by atoms with Crippen molar-refractivity contribution < 1.29 is 22.7 Å². The number of morpholine rings is 1. The second-order valence-corrected chi connectivity index (χ2v) is 9.01. The average Bonchev–Trinajstić information content (AvgIpc) is 2.73. The number of anilines is 1. The molecule has 0 saturated carbocycles. The predicted octanol–water partition coefficient (Wildman–Crippen LogP) is 2.85. The van der Waals surface area contributed by atoms with E-state index in [1.165, 1.54) is 16.4 Å². The third kappa shape index (κ3) is 5.35. The molecule has 0 aromatic heterocycles. The fourth-order valence-electron chi connectivity index (χ4n) is 3.08. The Labute approximate surface area is 171 Å². The molecule has 2 aromatic rings. The number of hydrogen-bond acceptors (Lipinski definition) is 5. The molecule has 156 valence electrons. The summed E-state index contributed by atoms with van der Waals surface area (Å²) < 4.78 is 37.5. The summed E-state index contributed by atoms with van der Waals surface area (Å²) in [5.74, 6) is 0.659. The number of benzene rings is 2. The molecule has 7 nitrogen and oxygen atoms in total. The van der Waals surface area contributed by atoms with Gasteiger partial charge in [0.1, 0.15) is 5.75 Å². The molecule has 0 spiro atoms. The van der Waals surface area contributed by atoms with Gasteiger partial charge in [0, 0.05) is 18.8 Å². The zero-order chi connectivity index (χ0) is 20.9. The minimum Gasteiger partial charge on any atom is -0.483 e. The van der Waals surface area contributed by atoms with Gasteiger partial charge in [-0.1, -0.05) is 32.0 Å². The van der Waals surface area contributed by atoms with Crippen LogP contribution in [0.15, 0.2) is 53.4 Å². The summed E-state index contributed by atoms with van der Waals surface area (Å²) in [5.41, 5.74) is 1.55. The molecule has 1 aliphatic heterocycles. The van der Waals surface area contributed by atoms with Crippen molar-refractivity contribution in [3.63, 3.8) is 0 Å². The number of ether oxygens (including phenoxy) is 2. The standard InChI is InChI=1S/C21H26N2O5S/c1-16(2)19-5-3-4-6-20(19)28-15-21(24)22-17-7-9-18(10-8-17)29(25,26)23-11-13-27-14-12-23/h3-10,16H,11-15H2,1-2H3,(H,22,24). The van der Waals surface area contributed by atoms with Gasteiger partial charge in [0.05, 0.1) is 18.1 Å². The van der Waals surface area contributed by atoms with Crippen LogP contribution in [0.25, 0.3) is 0 Å². The maximum atomic E-state index is 12.6. The van der Waals surface area contributed by atoms with Gasteiger partial charge in [-0.25, -0.2) is 8.42 Å². The summed E-state index contributed by atoms with van der Waals surface area (Å²) in [7, 11) is -3.55. The van der Waals surface area contributed by atoms with Crippen molar-refractivity contribution in [3.8, 4) is 5.75 Å². The normalized spacial score (nSPS) is 15.3. The summed E-state index contributed by atoms with van der Waals surface area (Å²) in [6, 6.07) is 13.8. The Hall–Kier alpha value is -2.42. The third-order valence-electron chi connectivity index (χ3n) is 4.65. The largest absolute Gasteiger partial charge is 0.483 e. The van der Waals surface area contributed by atoms with E-state index in [4.69, 9.17) is 9.47 Å².